The van der Waals surface area contributed by atoms with E-state index < -0.39 is 0 Å². The zero-order valence-corrected chi connectivity index (χ0v) is 10.1. The summed E-state index contributed by atoms with van der Waals surface area (Å²) in [5, 5.41) is 0. The van der Waals surface area contributed by atoms with Gasteiger partial charge in [-0.1, -0.05) is 30.3 Å². The van der Waals surface area contributed by atoms with Crippen molar-refractivity contribution in [3.05, 3.63) is 59.3 Å². The van der Waals surface area contributed by atoms with E-state index >= 15 is 0 Å². The van der Waals surface area contributed by atoms with Crippen LogP contribution < -0.4 is 11.3 Å². The summed E-state index contributed by atoms with van der Waals surface area (Å²) in [5.74, 6) is 6.00. The van der Waals surface area contributed by atoms with Crippen LogP contribution in [0, 0.1) is 0 Å². The Morgan fingerprint density at radius 3 is 2.39 bits per heavy atom. The largest absolute Gasteiger partial charge is 0.308 e. The second-order valence-corrected chi connectivity index (χ2v) is 4.61. The van der Waals surface area contributed by atoms with E-state index in [9.17, 15) is 0 Å². The smallest absolute Gasteiger partial charge is 0.139 e. The number of pyridine rings is 1. The van der Waals surface area contributed by atoms with E-state index in [1.54, 1.807) is 0 Å². The average molecular weight is 240 g/mol. The molecule has 1 aliphatic heterocycles. The molecule has 1 aromatic carbocycles. The molecule has 3 N–H and O–H groups in total. The second-order valence-electron chi connectivity index (χ2n) is 4.61. The molecule has 0 spiro atoms. The lowest BCUT2D eigenvalue weighted by atomic mass is 10.1. The lowest BCUT2D eigenvalue weighted by Gasteiger charge is -2.14. The molecule has 0 unspecified atom stereocenters. The first-order chi connectivity index (χ1) is 8.85. The Morgan fingerprint density at radius 2 is 1.83 bits per heavy atom. The van der Waals surface area contributed by atoms with Crippen LogP contribution in [0.25, 0.3) is 0 Å². The van der Waals surface area contributed by atoms with Crippen LogP contribution in [-0.2, 0) is 19.6 Å². The summed E-state index contributed by atoms with van der Waals surface area (Å²) in [5.41, 5.74) is 6.62. The molecule has 4 heteroatoms. The standard InChI is InChI=1S/C14H16N4/c15-17-14-6-5-11(7-16-14)8-18-9-12-3-1-2-4-13(12)10-18/h1-7H,8-10,15H2,(H,16,17). The maximum absolute atomic E-state index is 5.30. The first-order valence-corrected chi connectivity index (χ1v) is 6.06. The summed E-state index contributed by atoms with van der Waals surface area (Å²) in [6.45, 7) is 2.96. The molecule has 1 aromatic heterocycles. The molecule has 0 bridgehead atoms. The third-order valence-corrected chi connectivity index (χ3v) is 3.29. The Hall–Kier alpha value is -1.91. The monoisotopic (exact) mass is 240 g/mol. The fourth-order valence-corrected chi connectivity index (χ4v) is 2.38. The maximum Gasteiger partial charge on any atom is 0.139 e. The van der Waals surface area contributed by atoms with Gasteiger partial charge in [-0.2, -0.15) is 0 Å². The van der Waals surface area contributed by atoms with Crippen LogP contribution in [-0.4, -0.2) is 9.88 Å². The normalized spacial score (nSPS) is 14.5. The van der Waals surface area contributed by atoms with Gasteiger partial charge in [0.25, 0.3) is 0 Å². The highest BCUT2D eigenvalue weighted by Crippen LogP contribution is 2.23. The zero-order valence-electron chi connectivity index (χ0n) is 10.1. The molecule has 2 aromatic rings. The number of nitrogen functional groups attached to an aromatic ring is 1. The molecule has 1 aliphatic rings. The number of aromatic nitrogens is 1. The fourth-order valence-electron chi connectivity index (χ4n) is 2.38. The topological polar surface area (TPSA) is 54.2 Å². The van der Waals surface area contributed by atoms with Crippen molar-refractivity contribution < 1.29 is 0 Å². The van der Waals surface area contributed by atoms with E-state index in [0.29, 0.717) is 5.82 Å². The predicted molar refractivity (Wildman–Crippen MR) is 71.4 cm³/mol. The molecule has 3 rings (SSSR count). The zero-order chi connectivity index (χ0) is 12.4. The molecular weight excluding hydrogens is 224 g/mol. The quantitative estimate of drug-likeness (QED) is 0.635. The van der Waals surface area contributed by atoms with Crippen molar-refractivity contribution in [2.45, 2.75) is 19.6 Å². The van der Waals surface area contributed by atoms with Crippen molar-refractivity contribution in [3.63, 3.8) is 0 Å². The van der Waals surface area contributed by atoms with Gasteiger partial charge in [-0.25, -0.2) is 10.8 Å². The first kappa shape index (κ1) is 11.2. The van der Waals surface area contributed by atoms with Gasteiger partial charge < -0.3 is 5.43 Å². The lowest BCUT2D eigenvalue weighted by molar-refractivity contribution is 0.275. The van der Waals surface area contributed by atoms with Crippen LogP contribution in [0.15, 0.2) is 42.6 Å². The number of hydrogen-bond donors (Lipinski definition) is 2. The molecule has 0 amide bonds. The number of rotatable bonds is 3. The number of fused-ring (bicyclic) bond motifs is 1. The molecule has 0 saturated carbocycles. The Balaban J connectivity index is 1.68. The van der Waals surface area contributed by atoms with Crippen molar-refractivity contribution >= 4 is 5.82 Å². The van der Waals surface area contributed by atoms with Crippen LogP contribution >= 0.6 is 0 Å². The van der Waals surface area contributed by atoms with E-state index in [4.69, 9.17) is 5.84 Å². The maximum atomic E-state index is 5.30. The first-order valence-electron chi connectivity index (χ1n) is 6.06. The van der Waals surface area contributed by atoms with E-state index in [1.807, 2.05) is 12.3 Å². The Kier molecular flexibility index (Phi) is 2.96. The minimum atomic E-state index is 0.698. The van der Waals surface area contributed by atoms with Crippen molar-refractivity contribution in [3.8, 4) is 0 Å². The average Bonchev–Trinajstić information content (AvgIpc) is 2.82. The lowest BCUT2D eigenvalue weighted by Crippen LogP contribution is -2.16. The third-order valence-electron chi connectivity index (χ3n) is 3.29. The van der Waals surface area contributed by atoms with Crippen molar-refractivity contribution in [2.75, 3.05) is 5.43 Å². The van der Waals surface area contributed by atoms with Gasteiger partial charge in [0.15, 0.2) is 0 Å². The Morgan fingerprint density at radius 1 is 1.11 bits per heavy atom. The van der Waals surface area contributed by atoms with Crippen molar-refractivity contribution in [1.82, 2.24) is 9.88 Å². The van der Waals surface area contributed by atoms with Gasteiger partial charge in [0.05, 0.1) is 0 Å². The molecule has 0 aliphatic carbocycles. The predicted octanol–water partition coefficient (Wildman–Crippen LogP) is 1.88. The summed E-state index contributed by atoms with van der Waals surface area (Å²) in [6.07, 6.45) is 1.87. The molecule has 0 radical (unpaired) electrons. The number of nitrogens with one attached hydrogen (secondary N) is 1. The van der Waals surface area contributed by atoms with Gasteiger partial charge in [0.2, 0.25) is 0 Å². The molecule has 0 saturated heterocycles. The third kappa shape index (κ3) is 2.20. The molecule has 92 valence electrons. The molecule has 18 heavy (non-hydrogen) atoms. The van der Waals surface area contributed by atoms with Crippen LogP contribution in [0.1, 0.15) is 16.7 Å². The highest BCUT2D eigenvalue weighted by atomic mass is 15.2. The Bertz CT molecular complexity index is 511. The highest BCUT2D eigenvalue weighted by Gasteiger charge is 2.17. The van der Waals surface area contributed by atoms with Gasteiger partial charge in [-0.05, 0) is 22.8 Å². The van der Waals surface area contributed by atoms with Gasteiger partial charge in [0, 0.05) is 25.8 Å². The minimum Gasteiger partial charge on any atom is -0.308 e. The van der Waals surface area contributed by atoms with E-state index in [2.05, 4.69) is 45.6 Å². The summed E-state index contributed by atoms with van der Waals surface area (Å²) in [7, 11) is 0. The number of anilines is 1. The van der Waals surface area contributed by atoms with Gasteiger partial charge >= 0.3 is 0 Å². The van der Waals surface area contributed by atoms with Gasteiger partial charge in [-0.3, -0.25) is 4.90 Å². The molecule has 4 nitrogen and oxygen atoms in total. The van der Waals surface area contributed by atoms with Crippen LogP contribution in [0.5, 0.6) is 0 Å². The van der Waals surface area contributed by atoms with Gasteiger partial charge in [-0.15, -0.1) is 0 Å². The summed E-state index contributed by atoms with van der Waals surface area (Å²) < 4.78 is 0. The van der Waals surface area contributed by atoms with Crippen LogP contribution in [0.3, 0.4) is 0 Å². The molecular formula is C14H16N4. The highest BCUT2D eigenvalue weighted by molar-refractivity contribution is 5.34. The van der Waals surface area contributed by atoms with E-state index in [0.717, 1.165) is 19.6 Å². The fraction of sp³-hybridized carbons (Fsp3) is 0.214. The number of nitrogens with zero attached hydrogens (tertiary/aromatic N) is 2. The van der Waals surface area contributed by atoms with Crippen LogP contribution in [0.4, 0.5) is 5.82 Å². The number of nitrogens with two attached hydrogens (primary N) is 1. The molecule has 0 atom stereocenters. The van der Waals surface area contributed by atoms with E-state index in [-0.39, 0.29) is 0 Å². The summed E-state index contributed by atoms with van der Waals surface area (Å²) in [6, 6.07) is 12.6. The number of hydrogen-bond acceptors (Lipinski definition) is 4. The van der Waals surface area contributed by atoms with E-state index in [1.165, 1.54) is 16.7 Å². The van der Waals surface area contributed by atoms with Gasteiger partial charge in [0.1, 0.15) is 5.82 Å². The van der Waals surface area contributed by atoms with Crippen molar-refractivity contribution in [2.24, 2.45) is 5.84 Å². The number of hydrazine groups is 1. The molecule has 2 heterocycles. The summed E-state index contributed by atoms with van der Waals surface area (Å²) in [4.78, 5) is 6.64. The summed E-state index contributed by atoms with van der Waals surface area (Å²) >= 11 is 0. The SMILES string of the molecule is NNc1ccc(CN2Cc3ccccc3C2)cn1. The number of benzene rings is 1. The molecule has 0 fully saturated rings. The minimum absolute atomic E-state index is 0.698. The Labute approximate surface area is 106 Å². The second kappa shape index (κ2) is 4.76. The van der Waals surface area contributed by atoms with Crippen molar-refractivity contribution in [1.29, 1.82) is 0 Å². The van der Waals surface area contributed by atoms with Crippen LogP contribution in [0.2, 0.25) is 0 Å².